The maximum atomic E-state index is 12.8. The number of sulfonamides is 1. The van der Waals surface area contributed by atoms with E-state index in [4.69, 9.17) is 10.5 Å². The number of piperidine rings is 1. The normalized spacial score (nSPS) is 16.9. The molecule has 1 fully saturated rings. The van der Waals surface area contributed by atoms with Gasteiger partial charge in [0.1, 0.15) is 0 Å². The van der Waals surface area contributed by atoms with E-state index in [2.05, 4.69) is 0 Å². The summed E-state index contributed by atoms with van der Waals surface area (Å²) in [7, 11) is -3.60. The number of primary amides is 1. The highest BCUT2D eigenvalue weighted by Crippen LogP contribution is 2.27. The number of amides is 1. The molecule has 0 aliphatic carbocycles. The number of nitrogens with two attached hydrogens (primary N) is 1. The molecule has 7 nitrogen and oxygen atoms in total. The van der Waals surface area contributed by atoms with Gasteiger partial charge in [-0.25, -0.2) is 8.42 Å². The molecule has 1 aliphatic rings. The first kappa shape index (κ1) is 21.0. The van der Waals surface area contributed by atoms with E-state index in [0.29, 0.717) is 18.4 Å². The topological polar surface area (TPSA) is 107 Å². The number of hydrogen-bond acceptors (Lipinski definition) is 5. The predicted octanol–water partition coefficient (Wildman–Crippen LogP) is 2.17. The molecule has 0 spiro atoms. The zero-order valence-electron chi connectivity index (χ0n) is 16.2. The fourth-order valence-electron chi connectivity index (χ4n) is 3.32. The van der Waals surface area contributed by atoms with Crippen molar-refractivity contribution in [2.75, 3.05) is 13.1 Å². The Morgan fingerprint density at radius 3 is 2.17 bits per heavy atom. The van der Waals surface area contributed by atoms with Crippen molar-refractivity contribution in [3.05, 3.63) is 65.7 Å². The molecule has 0 radical (unpaired) electrons. The molecule has 0 aromatic heterocycles. The number of benzene rings is 2. The van der Waals surface area contributed by atoms with Gasteiger partial charge < -0.3 is 10.5 Å². The van der Waals surface area contributed by atoms with E-state index in [1.54, 1.807) is 54.6 Å². The number of esters is 1. The van der Waals surface area contributed by atoms with Crippen LogP contribution in [0.25, 0.3) is 0 Å². The Hall–Kier alpha value is -2.71. The number of rotatable bonds is 6. The molecule has 2 aromatic rings. The third-order valence-electron chi connectivity index (χ3n) is 5.04. The second-order valence-corrected chi connectivity index (χ2v) is 9.06. The lowest BCUT2D eigenvalue weighted by Crippen LogP contribution is -2.41. The highest BCUT2D eigenvalue weighted by molar-refractivity contribution is 7.89. The van der Waals surface area contributed by atoms with E-state index < -0.39 is 33.9 Å². The van der Waals surface area contributed by atoms with Gasteiger partial charge in [0.25, 0.3) is 5.91 Å². The average molecular weight is 416 g/mol. The van der Waals surface area contributed by atoms with Crippen LogP contribution in [0.1, 0.15) is 30.1 Å². The number of hydrogen-bond donors (Lipinski definition) is 1. The number of aryl methyl sites for hydroxylation is 1. The summed E-state index contributed by atoms with van der Waals surface area (Å²) in [5, 5.41) is 0. The Bertz CT molecular complexity index is 966. The van der Waals surface area contributed by atoms with Gasteiger partial charge in [0.2, 0.25) is 16.1 Å². The van der Waals surface area contributed by atoms with Crippen molar-refractivity contribution < 1.29 is 22.7 Å². The average Bonchev–Trinajstić information content (AvgIpc) is 2.72. The molecule has 2 aromatic carbocycles. The largest absolute Gasteiger partial charge is 0.447 e. The quantitative estimate of drug-likeness (QED) is 0.726. The molecule has 154 valence electrons. The van der Waals surface area contributed by atoms with Crippen molar-refractivity contribution in [2.24, 2.45) is 11.7 Å². The van der Waals surface area contributed by atoms with Crippen LogP contribution in [-0.2, 0) is 24.3 Å². The maximum Gasteiger partial charge on any atom is 0.310 e. The van der Waals surface area contributed by atoms with Gasteiger partial charge in [-0.2, -0.15) is 4.31 Å². The molecule has 8 heteroatoms. The first-order valence-corrected chi connectivity index (χ1v) is 10.8. The summed E-state index contributed by atoms with van der Waals surface area (Å²) in [6, 6.07) is 15.3. The van der Waals surface area contributed by atoms with Crippen LogP contribution in [0.5, 0.6) is 0 Å². The van der Waals surface area contributed by atoms with Crippen LogP contribution in [0, 0.1) is 12.8 Å². The molecule has 1 amide bonds. The zero-order valence-corrected chi connectivity index (χ0v) is 17.0. The fourth-order valence-corrected chi connectivity index (χ4v) is 4.79. The van der Waals surface area contributed by atoms with Crippen molar-refractivity contribution in [2.45, 2.75) is 30.8 Å². The van der Waals surface area contributed by atoms with Crippen LogP contribution in [0.2, 0.25) is 0 Å². The molecular formula is C21H24N2O5S. The zero-order chi connectivity index (χ0) is 21.0. The van der Waals surface area contributed by atoms with E-state index in [0.717, 1.165) is 5.56 Å². The number of carbonyl (C=O) groups is 2. The molecule has 1 saturated heterocycles. The highest BCUT2D eigenvalue weighted by atomic mass is 32.2. The number of nitrogens with zero attached hydrogens (tertiary/aromatic N) is 1. The molecule has 1 atom stereocenters. The van der Waals surface area contributed by atoms with Crippen LogP contribution in [-0.4, -0.2) is 37.7 Å². The molecule has 1 heterocycles. The summed E-state index contributed by atoms with van der Waals surface area (Å²) in [6.07, 6.45) is -0.507. The van der Waals surface area contributed by atoms with Crippen molar-refractivity contribution in [3.8, 4) is 0 Å². The Labute approximate surface area is 170 Å². The van der Waals surface area contributed by atoms with Crippen molar-refractivity contribution in [3.63, 3.8) is 0 Å². The summed E-state index contributed by atoms with van der Waals surface area (Å²) in [5.74, 6) is -1.76. The minimum absolute atomic E-state index is 0.211. The first-order chi connectivity index (χ1) is 13.8. The number of carbonyl (C=O) groups excluding carboxylic acids is 2. The van der Waals surface area contributed by atoms with Gasteiger partial charge in [0, 0.05) is 18.7 Å². The smallest absolute Gasteiger partial charge is 0.310 e. The second-order valence-electron chi connectivity index (χ2n) is 7.12. The lowest BCUT2D eigenvalue weighted by molar-refractivity contribution is -0.160. The molecule has 29 heavy (non-hydrogen) atoms. The highest BCUT2D eigenvalue weighted by Gasteiger charge is 2.34. The van der Waals surface area contributed by atoms with Gasteiger partial charge in [0.05, 0.1) is 10.8 Å². The Balaban J connectivity index is 1.63. The SMILES string of the molecule is Cc1ccc(S(=O)(=O)N2CCC(C(=O)OC(C(N)=O)c3ccccc3)CC2)cc1. The van der Waals surface area contributed by atoms with E-state index in [9.17, 15) is 18.0 Å². The van der Waals surface area contributed by atoms with Crippen molar-refractivity contribution >= 4 is 21.9 Å². The van der Waals surface area contributed by atoms with Crippen LogP contribution in [0.15, 0.2) is 59.5 Å². The standard InChI is InChI=1S/C21H24N2O5S/c1-15-7-9-18(10-8-15)29(26,27)23-13-11-17(12-14-23)21(25)28-19(20(22)24)16-5-3-2-4-6-16/h2-10,17,19H,11-14H2,1H3,(H2,22,24). The summed E-state index contributed by atoms with van der Waals surface area (Å²) in [6.45, 7) is 2.31. The van der Waals surface area contributed by atoms with Gasteiger partial charge in [-0.3, -0.25) is 9.59 Å². The van der Waals surface area contributed by atoms with Gasteiger partial charge in [-0.1, -0.05) is 48.0 Å². The lowest BCUT2D eigenvalue weighted by Gasteiger charge is -2.30. The summed E-state index contributed by atoms with van der Waals surface area (Å²) in [4.78, 5) is 24.5. The van der Waals surface area contributed by atoms with E-state index in [1.165, 1.54) is 4.31 Å². The van der Waals surface area contributed by atoms with Crippen LogP contribution in [0.4, 0.5) is 0 Å². The summed E-state index contributed by atoms with van der Waals surface area (Å²) in [5.41, 5.74) is 6.88. The Morgan fingerprint density at radius 1 is 1.03 bits per heavy atom. The van der Waals surface area contributed by atoms with Crippen LogP contribution < -0.4 is 5.73 Å². The van der Waals surface area contributed by atoms with Gasteiger partial charge in [-0.05, 0) is 31.9 Å². The second kappa shape index (κ2) is 8.75. The molecule has 3 rings (SSSR count). The predicted molar refractivity (Wildman–Crippen MR) is 107 cm³/mol. The van der Waals surface area contributed by atoms with E-state index in [1.807, 2.05) is 6.92 Å². The fraction of sp³-hybridized carbons (Fsp3) is 0.333. The monoisotopic (exact) mass is 416 g/mol. The van der Waals surface area contributed by atoms with Gasteiger partial charge in [0.15, 0.2) is 0 Å². The third-order valence-corrected chi connectivity index (χ3v) is 6.95. The Kier molecular flexibility index (Phi) is 6.34. The molecular weight excluding hydrogens is 392 g/mol. The molecule has 0 bridgehead atoms. The molecule has 0 saturated carbocycles. The molecule has 2 N–H and O–H groups in total. The Morgan fingerprint density at radius 2 is 1.62 bits per heavy atom. The summed E-state index contributed by atoms with van der Waals surface area (Å²) < 4.78 is 32.3. The molecule has 1 unspecified atom stereocenters. The van der Waals surface area contributed by atoms with Gasteiger partial charge >= 0.3 is 5.97 Å². The third kappa shape index (κ3) is 4.83. The van der Waals surface area contributed by atoms with E-state index >= 15 is 0 Å². The van der Waals surface area contributed by atoms with Crippen LogP contribution >= 0.6 is 0 Å². The number of ether oxygens (including phenoxy) is 1. The van der Waals surface area contributed by atoms with Crippen molar-refractivity contribution in [1.29, 1.82) is 0 Å². The first-order valence-electron chi connectivity index (χ1n) is 9.40. The van der Waals surface area contributed by atoms with Crippen molar-refractivity contribution in [1.82, 2.24) is 4.31 Å². The minimum Gasteiger partial charge on any atom is -0.447 e. The maximum absolute atomic E-state index is 12.8. The van der Waals surface area contributed by atoms with Gasteiger partial charge in [-0.15, -0.1) is 0 Å². The lowest BCUT2D eigenvalue weighted by atomic mass is 9.98. The molecule has 1 aliphatic heterocycles. The van der Waals surface area contributed by atoms with Crippen LogP contribution in [0.3, 0.4) is 0 Å². The minimum atomic E-state index is -3.60. The van der Waals surface area contributed by atoms with E-state index in [-0.39, 0.29) is 18.0 Å². The summed E-state index contributed by atoms with van der Waals surface area (Å²) >= 11 is 0.